The summed E-state index contributed by atoms with van der Waals surface area (Å²) >= 11 is 0. The van der Waals surface area contributed by atoms with E-state index in [0.29, 0.717) is 0 Å². The van der Waals surface area contributed by atoms with Crippen LogP contribution in [-0.2, 0) is 24.1 Å². The molecular weight excluding hydrogens is 262 g/mol. The molecule has 1 aliphatic heterocycles. The Morgan fingerprint density at radius 3 is 3.00 bits per heavy atom. The fraction of sp³-hybridized carbons (Fsp3) is 0.333. The highest BCUT2D eigenvalue weighted by atomic mass is 16.5. The Morgan fingerprint density at radius 2 is 2.10 bits per heavy atom. The number of rotatable bonds is 6. The Labute approximate surface area is 125 Å². The average molecular weight is 283 g/mol. The molecule has 0 bridgehead atoms. The normalized spacial score (nSPS) is 12.8. The first-order valence-electron chi connectivity index (χ1n) is 7.42. The van der Waals surface area contributed by atoms with Gasteiger partial charge in [-0.3, -0.25) is 0 Å². The van der Waals surface area contributed by atoms with E-state index in [-0.39, 0.29) is 0 Å². The highest BCUT2D eigenvalue weighted by Gasteiger charge is 2.11. The fourth-order valence-corrected chi connectivity index (χ4v) is 2.67. The minimum absolute atomic E-state index is 0.745. The molecule has 1 heterocycles. The molecule has 3 heteroatoms. The number of fused-ring (bicyclic) bond motifs is 1. The number of nitrogens with one attached hydrogen (secondary N) is 1. The van der Waals surface area contributed by atoms with Gasteiger partial charge in [-0.15, -0.1) is 0 Å². The molecule has 2 aromatic carbocycles. The second-order valence-corrected chi connectivity index (χ2v) is 5.29. The molecule has 0 spiro atoms. The van der Waals surface area contributed by atoms with E-state index in [1.54, 1.807) is 7.11 Å². The molecular formula is C18H21NO2. The van der Waals surface area contributed by atoms with Crippen molar-refractivity contribution < 1.29 is 9.47 Å². The first-order valence-corrected chi connectivity index (χ1v) is 7.42. The van der Waals surface area contributed by atoms with Gasteiger partial charge in [-0.2, -0.15) is 0 Å². The summed E-state index contributed by atoms with van der Waals surface area (Å²) in [6, 6.07) is 14.9. The predicted molar refractivity (Wildman–Crippen MR) is 85.0 cm³/mol. The molecule has 3 rings (SSSR count). The van der Waals surface area contributed by atoms with E-state index in [2.05, 4.69) is 47.8 Å². The summed E-state index contributed by atoms with van der Waals surface area (Å²) in [5, 5.41) is 3.53. The Morgan fingerprint density at radius 1 is 1.19 bits per heavy atom. The Hall–Kier alpha value is -2.00. The third-order valence-corrected chi connectivity index (χ3v) is 3.83. The van der Waals surface area contributed by atoms with Crippen LogP contribution in [0.25, 0.3) is 0 Å². The lowest BCUT2D eigenvalue weighted by molar-refractivity contribution is 0.202. The van der Waals surface area contributed by atoms with E-state index < -0.39 is 0 Å². The lowest BCUT2D eigenvalue weighted by atomic mass is 10.1. The minimum atomic E-state index is 0.745. The van der Waals surface area contributed by atoms with Crippen molar-refractivity contribution in [1.29, 1.82) is 0 Å². The second-order valence-electron chi connectivity index (χ2n) is 5.29. The first-order chi connectivity index (χ1) is 10.4. The van der Waals surface area contributed by atoms with Gasteiger partial charge in [0, 0.05) is 25.8 Å². The van der Waals surface area contributed by atoms with Crippen LogP contribution in [0.5, 0.6) is 5.75 Å². The summed E-state index contributed by atoms with van der Waals surface area (Å²) in [4.78, 5) is 0. The van der Waals surface area contributed by atoms with Crippen LogP contribution in [0.4, 0.5) is 5.69 Å². The number of hydrogen-bond acceptors (Lipinski definition) is 3. The van der Waals surface area contributed by atoms with E-state index in [0.717, 1.165) is 38.3 Å². The number of benzene rings is 2. The van der Waals surface area contributed by atoms with Crippen LogP contribution in [0.15, 0.2) is 42.5 Å². The summed E-state index contributed by atoms with van der Waals surface area (Å²) in [7, 11) is 1.74. The third-order valence-electron chi connectivity index (χ3n) is 3.83. The summed E-state index contributed by atoms with van der Waals surface area (Å²) in [5.41, 5.74) is 5.10. The summed E-state index contributed by atoms with van der Waals surface area (Å²) in [6.45, 7) is 2.39. The number of anilines is 1. The van der Waals surface area contributed by atoms with E-state index in [9.17, 15) is 0 Å². The maximum atomic E-state index is 5.55. The van der Waals surface area contributed by atoms with Gasteiger partial charge in [0.2, 0.25) is 0 Å². The van der Waals surface area contributed by atoms with Crippen molar-refractivity contribution >= 4 is 5.69 Å². The molecule has 0 aromatic heterocycles. The van der Waals surface area contributed by atoms with Gasteiger partial charge in [0.05, 0.1) is 13.2 Å². The van der Waals surface area contributed by atoms with Gasteiger partial charge in [-0.1, -0.05) is 30.3 Å². The Bertz CT molecular complexity index is 610. The van der Waals surface area contributed by atoms with Gasteiger partial charge in [0.25, 0.3) is 0 Å². The zero-order valence-corrected chi connectivity index (χ0v) is 12.4. The van der Waals surface area contributed by atoms with Gasteiger partial charge in [0.1, 0.15) is 5.75 Å². The Kier molecular flexibility index (Phi) is 4.41. The van der Waals surface area contributed by atoms with Gasteiger partial charge >= 0.3 is 0 Å². The van der Waals surface area contributed by atoms with Crippen LogP contribution in [0.1, 0.15) is 16.7 Å². The number of para-hydroxylation sites is 1. The summed E-state index contributed by atoms with van der Waals surface area (Å²) in [5.74, 6) is 1.04. The predicted octanol–water partition coefficient (Wildman–Crippen LogP) is 3.42. The molecule has 0 fully saturated rings. The molecule has 2 aromatic rings. The highest BCUT2D eigenvalue weighted by molar-refractivity contribution is 5.52. The van der Waals surface area contributed by atoms with Crippen LogP contribution in [0.3, 0.4) is 0 Å². The fourth-order valence-electron chi connectivity index (χ4n) is 2.67. The summed E-state index contributed by atoms with van der Waals surface area (Å²) < 4.78 is 10.7. The van der Waals surface area contributed by atoms with Crippen molar-refractivity contribution in [3.05, 3.63) is 59.2 Å². The van der Waals surface area contributed by atoms with Crippen LogP contribution in [-0.4, -0.2) is 20.3 Å². The topological polar surface area (TPSA) is 30.5 Å². The van der Waals surface area contributed by atoms with Gasteiger partial charge < -0.3 is 14.8 Å². The minimum Gasteiger partial charge on any atom is -0.493 e. The molecule has 1 aliphatic rings. The smallest absolute Gasteiger partial charge is 0.122 e. The molecule has 0 amide bonds. The van der Waals surface area contributed by atoms with Crippen molar-refractivity contribution in [3.63, 3.8) is 0 Å². The average Bonchev–Trinajstić information content (AvgIpc) is 2.99. The molecule has 110 valence electrons. The van der Waals surface area contributed by atoms with Crippen molar-refractivity contribution in [2.75, 3.05) is 25.6 Å². The van der Waals surface area contributed by atoms with E-state index in [1.807, 2.05) is 0 Å². The first kappa shape index (κ1) is 14.0. The monoisotopic (exact) mass is 283 g/mol. The number of hydrogen-bond donors (Lipinski definition) is 1. The molecule has 0 saturated carbocycles. The molecule has 0 saturated heterocycles. The zero-order valence-electron chi connectivity index (χ0n) is 12.4. The largest absolute Gasteiger partial charge is 0.493 e. The molecule has 0 unspecified atom stereocenters. The van der Waals surface area contributed by atoms with Gasteiger partial charge in [0.15, 0.2) is 0 Å². The van der Waals surface area contributed by atoms with Crippen molar-refractivity contribution in [2.45, 2.75) is 19.4 Å². The van der Waals surface area contributed by atoms with Gasteiger partial charge in [-0.05, 0) is 35.2 Å². The zero-order chi connectivity index (χ0) is 14.5. The molecule has 21 heavy (non-hydrogen) atoms. The van der Waals surface area contributed by atoms with Crippen molar-refractivity contribution in [2.24, 2.45) is 0 Å². The van der Waals surface area contributed by atoms with Gasteiger partial charge in [-0.25, -0.2) is 0 Å². The maximum absolute atomic E-state index is 5.55. The van der Waals surface area contributed by atoms with Crippen molar-refractivity contribution in [3.8, 4) is 5.75 Å². The lowest BCUT2D eigenvalue weighted by Crippen LogP contribution is -2.04. The molecule has 1 N–H and O–H groups in total. The van der Waals surface area contributed by atoms with E-state index >= 15 is 0 Å². The molecule has 0 radical (unpaired) electrons. The highest BCUT2D eigenvalue weighted by Crippen LogP contribution is 2.26. The SMILES string of the molecule is COCCc1ccccc1NCc1ccc2c(c1)CCO2. The lowest BCUT2D eigenvalue weighted by Gasteiger charge is -2.12. The van der Waals surface area contributed by atoms with E-state index in [4.69, 9.17) is 9.47 Å². The van der Waals surface area contributed by atoms with Crippen molar-refractivity contribution in [1.82, 2.24) is 0 Å². The Balaban J connectivity index is 1.67. The quantitative estimate of drug-likeness (QED) is 0.881. The second kappa shape index (κ2) is 6.64. The molecule has 0 aliphatic carbocycles. The standard InChI is InChI=1S/C18H21NO2/c1-20-10-8-15-4-2-3-5-17(15)19-13-14-6-7-18-16(12-14)9-11-21-18/h2-7,12,19H,8-11,13H2,1H3. The van der Waals surface area contributed by atoms with Crippen LogP contribution in [0.2, 0.25) is 0 Å². The maximum Gasteiger partial charge on any atom is 0.122 e. The molecule has 3 nitrogen and oxygen atoms in total. The third kappa shape index (κ3) is 3.37. The van der Waals surface area contributed by atoms with Crippen LogP contribution in [0, 0.1) is 0 Å². The van der Waals surface area contributed by atoms with E-state index in [1.165, 1.54) is 22.4 Å². The number of ether oxygens (including phenoxy) is 2. The summed E-state index contributed by atoms with van der Waals surface area (Å²) in [6.07, 6.45) is 1.95. The number of methoxy groups -OCH3 is 1. The van der Waals surface area contributed by atoms with Crippen LogP contribution >= 0.6 is 0 Å². The van der Waals surface area contributed by atoms with Crippen LogP contribution < -0.4 is 10.1 Å². The molecule has 0 atom stereocenters.